The number of hydrogen-bond acceptors (Lipinski definition) is 3. The van der Waals surface area contributed by atoms with Gasteiger partial charge in [0.1, 0.15) is 0 Å². The van der Waals surface area contributed by atoms with Gasteiger partial charge in [-0.2, -0.15) is 0 Å². The highest BCUT2D eigenvalue weighted by atomic mass is 32.1. The molecule has 0 fully saturated rings. The fourth-order valence-electron chi connectivity index (χ4n) is 1.50. The van der Waals surface area contributed by atoms with Gasteiger partial charge in [-0.1, -0.05) is 30.3 Å². The quantitative estimate of drug-likeness (QED) is 0.611. The van der Waals surface area contributed by atoms with Gasteiger partial charge >= 0.3 is 0 Å². The van der Waals surface area contributed by atoms with Crippen molar-refractivity contribution < 1.29 is 0 Å². The summed E-state index contributed by atoms with van der Waals surface area (Å²) in [6, 6.07) is 9.81. The number of fused-ring (bicyclic) bond motifs is 1. The molecule has 3 aromatic rings. The zero-order chi connectivity index (χ0) is 10.3. The van der Waals surface area contributed by atoms with Crippen LogP contribution in [0.25, 0.3) is 17.2 Å². The van der Waals surface area contributed by atoms with E-state index in [1.54, 1.807) is 4.40 Å². The zero-order valence-electron chi connectivity index (χ0n) is 7.64. The largest absolute Gasteiger partial charge is 0.273 e. The van der Waals surface area contributed by atoms with Crippen LogP contribution in [0, 0.1) is 4.77 Å². The molecule has 1 aromatic carbocycles. The van der Waals surface area contributed by atoms with Crippen molar-refractivity contribution >= 4 is 18.0 Å². The van der Waals surface area contributed by atoms with E-state index in [1.165, 1.54) is 0 Å². The molecule has 0 bridgehead atoms. The van der Waals surface area contributed by atoms with E-state index in [-0.39, 0.29) is 0 Å². The lowest BCUT2D eigenvalue weighted by Crippen LogP contribution is -1.87. The number of benzene rings is 1. The van der Waals surface area contributed by atoms with Crippen molar-refractivity contribution in [3.8, 4) is 11.4 Å². The average molecular weight is 217 g/mol. The summed E-state index contributed by atoms with van der Waals surface area (Å²) in [7, 11) is 0. The van der Waals surface area contributed by atoms with E-state index in [0.29, 0.717) is 10.5 Å². The minimum Gasteiger partial charge on any atom is -0.273 e. The van der Waals surface area contributed by atoms with Crippen LogP contribution in [0.3, 0.4) is 0 Å². The van der Waals surface area contributed by atoms with Crippen molar-refractivity contribution in [2.75, 3.05) is 0 Å². The summed E-state index contributed by atoms with van der Waals surface area (Å²) in [5, 5.41) is 13.7. The van der Waals surface area contributed by atoms with Crippen LogP contribution in [0.2, 0.25) is 0 Å². The molecule has 3 rings (SSSR count). The van der Waals surface area contributed by atoms with Crippen molar-refractivity contribution in [3.05, 3.63) is 35.1 Å². The molecule has 15 heavy (non-hydrogen) atoms. The van der Waals surface area contributed by atoms with Gasteiger partial charge in [-0.3, -0.25) is 10.2 Å². The van der Waals surface area contributed by atoms with Crippen molar-refractivity contribution in [2.24, 2.45) is 0 Å². The highest BCUT2D eigenvalue weighted by Gasteiger charge is 2.09. The summed E-state index contributed by atoms with van der Waals surface area (Å²) in [4.78, 5) is 0. The van der Waals surface area contributed by atoms with Crippen LogP contribution in [0.15, 0.2) is 30.3 Å². The number of H-pyrrole nitrogens is 2. The first-order chi connectivity index (χ1) is 7.36. The summed E-state index contributed by atoms with van der Waals surface area (Å²) in [6.45, 7) is 0. The maximum atomic E-state index is 5.12. The summed E-state index contributed by atoms with van der Waals surface area (Å²) in [5.41, 5.74) is 0.990. The fraction of sp³-hybridized carbons (Fsp3) is 0. The second-order valence-corrected chi connectivity index (χ2v) is 3.49. The Kier molecular flexibility index (Phi) is 1.69. The van der Waals surface area contributed by atoms with E-state index < -0.39 is 0 Å². The van der Waals surface area contributed by atoms with Gasteiger partial charge in [-0.05, 0) is 12.2 Å². The average Bonchev–Trinajstić information content (AvgIpc) is 2.84. The summed E-state index contributed by atoms with van der Waals surface area (Å²) in [6.07, 6.45) is 0. The molecule has 0 saturated carbocycles. The highest BCUT2D eigenvalue weighted by molar-refractivity contribution is 7.71. The van der Waals surface area contributed by atoms with E-state index in [4.69, 9.17) is 12.2 Å². The van der Waals surface area contributed by atoms with Crippen molar-refractivity contribution in [1.29, 1.82) is 0 Å². The van der Waals surface area contributed by atoms with E-state index in [1.807, 2.05) is 30.3 Å². The molecule has 5 nitrogen and oxygen atoms in total. The molecule has 0 saturated heterocycles. The van der Waals surface area contributed by atoms with Gasteiger partial charge in [0, 0.05) is 5.56 Å². The highest BCUT2D eigenvalue weighted by Crippen LogP contribution is 2.16. The van der Waals surface area contributed by atoms with Crippen molar-refractivity contribution in [1.82, 2.24) is 24.8 Å². The molecular formula is C9H7N5S. The first-order valence-corrected chi connectivity index (χ1v) is 4.84. The Labute approximate surface area is 89.8 Å². The summed E-state index contributed by atoms with van der Waals surface area (Å²) in [5.74, 6) is 1.37. The molecule has 0 spiro atoms. The van der Waals surface area contributed by atoms with Gasteiger partial charge in [-0.25, -0.2) is 4.40 Å². The Morgan fingerprint density at radius 3 is 2.67 bits per heavy atom. The minimum atomic E-state index is 0.564. The molecule has 2 heterocycles. The van der Waals surface area contributed by atoms with Crippen molar-refractivity contribution in [2.45, 2.75) is 0 Å². The molecule has 2 N–H and O–H groups in total. The maximum absolute atomic E-state index is 5.12. The molecule has 0 aliphatic heterocycles. The van der Waals surface area contributed by atoms with Crippen LogP contribution in [0.1, 0.15) is 0 Å². The SMILES string of the molecule is S=c1[nH][nH]c2nnc(-c3ccccc3)n12. The molecule has 0 amide bonds. The first-order valence-electron chi connectivity index (χ1n) is 4.43. The summed E-state index contributed by atoms with van der Waals surface area (Å²) < 4.78 is 2.33. The Morgan fingerprint density at radius 2 is 1.87 bits per heavy atom. The standard InChI is InChI=1S/C9H7N5S/c15-9-13-12-8-11-10-7(14(8)9)6-4-2-1-3-5-6/h1-5H,(H,11,12)(H,13,15). The Morgan fingerprint density at radius 1 is 1.07 bits per heavy atom. The van der Waals surface area contributed by atoms with Crippen LogP contribution in [0.4, 0.5) is 0 Å². The van der Waals surface area contributed by atoms with Gasteiger partial charge in [0.25, 0.3) is 0 Å². The lowest BCUT2D eigenvalue weighted by molar-refractivity contribution is 1.02. The van der Waals surface area contributed by atoms with Crippen LogP contribution in [-0.4, -0.2) is 24.8 Å². The molecule has 2 aromatic heterocycles. The number of hydrogen-bond donors (Lipinski definition) is 2. The van der Waals surface area contributed by atoms with E-state index in [0.717, 1.165) is 11.4 Å². The van der Waals surface area contributed by atoms with Gasteiger partial charge in [0.05, 0.1) is 0 Å². The number of aromatic amines is 2. The molecule has 0 radical (unpaired) electrons. The molecular weight excluding hydrogens is 210 g/mol. The van der Waals surface area contributed by atoms with E-state index in [9.17, 15) is 0 Å². The van der Waals surface area contributed by atoms with Gasteiger partial charge in [0.2, 0.25) is 10.5 Å². The topological polar surface area (TPSA) is 61.8 Å². The minimum absolute atomic E-state index is 0.564. The van der Waals surface area contributed by atoms with Crippen LogP contribution < -0.4 is 0 Å². The third kappa shape index (κ3) is 1.18. The molecule has 0 aliphatic rings. The maximum Gasteiger partial charge on any atom is 0.250 e. The number of nitrogens with zero attached hydrogens (tertiary/aromatic N) is 3. The number of nitrogens with one attached hydrogen (secondary N) is 2. The van der Waals surface area contributed by atoms with Crippen LogP contribution in [-0.2, 0) is 0 Å². The molecule has 0 unspecified atom stereocenters. The fourth-order valence-corrected chi connectivity index (χ4v) is 1.72. The third-order valence-electron chi connectivity index (χ3n) is 2.18. The van der Waals surface area contributed by atoms with Crippen LogP contribution in [0.5, 0.6) is 0 Å². The smallest absolute Gasteiger partial charge is 0.250 e. The molecule has 0 atom stereocenters. The first kappa shape index (κ1) is 8.37. The van der Waals surface area contributed by atoms with Crippen molar-refractivity contribution in [3.63, 3.8) is 0 Å². The lowest BCUT2D eigenvalue weighted by Gasteiger charge is -1.94. The second-order valence-electron chi connectivity index (χ2n) is 3.10. The summed E-state index contributed by atoms with van der Waals surface area (Å²) >= 11 is 5.12. The Bertz CT molecular complexity index is 648. The van der Waals surface area contributed by atoms with E-state index in [2.05, 4.69) is 20.4 Å². The monoisotopic (exact) mass is 217 g/mol. The van der Waals surface area contributed by atoms with Gasteiger partial charge in [0.15, 0.2) is 5.82 Å². The predicted octanol–water partition coefficient (Wildman–Crippen LogP) is 1.78. The molecule has 6 heteroatoms. The van der Waals surface area contributed by atoms with Crippen LogP contribution >= 0.6 is 12.2 Å². The lowest BCUT2D eigenvalue weighted by atomic mass is 10.2. The normalized spacial score (nSPS) is 10.9. The third-order valence-corrected chi connectivity index (χ3v) is 2.46. The van der Waals surface area contributed by atoms with Gasteiger partial charge < -0.3 is 0 Å². The predicted molar refractivity (Wildman–Crippen MR) is 58.0 cm³/mol. The molecule has 0 aliphatic carbocycles. The zero-order valence-corrected chi connectivity index (χ0v) is 8.45. The molecule has 74 valence electrons. The Hall–Kier alpha value is -1.95. The number of aromatic nitrogens is 5. The second kappa shape index (κ2) is 3.03. The van der Waals surface area contributed by atoms with Gasteiger partial charge in [-0.15, -0.1) is 10.2 Å². The Balaban J connectivity index is 2.36. The number of rotatable bonds is 1. The van der Waals surface area contributed by atoms with E-state index >= 15 is 0 Å².